The Bertz CT molecular complexity index is 1020. The summed E-state index contributed by atoms with van der Waals surface area (Å²) in [6.07, 6.45) is 5.48. The number of ether oxygens (including phenoxy) is 2. The lowest BCUT2D eigenvalue weighted by Crippen LogP contribution is -2.39. The third kappa shape index (κ3) is 4.50. The van der Waals surface area contributed by atoms with Crippen LogP contribution in [0.1, 0.15) is 54.2 Å². The summed E-state index contributed by atoms with van der Waals surface area (Å²) in [6.45, 7) is 7.55. The van der Waals surface area contributed by atoms with Gasteiger partial charge in [0.1, 0.15) is 17.3 Å². The topological polar surface area (TPSA) is 71.0 Å². The molecule has 1 aromatic carbocycles. The summed E-state index contributed by atoms with van der Waals surface area (Å²) in [5.74, 6) is 3.86. The Balaban J connectivity index is 1.45. The van der Waals surface area contributed by atoms with Crippen molar-refractivity contribution in [3.8, 4) is 11.5 Å². The fourth-order valence-electron chi connectivity index (χ4n) is 5.21. The molecule has 1 aromatic heterocycles. The van der Waals surface area contributed by atoms with Crippen LogP contribution in [0.4, 0.5) is 11.8 Å². The molecule has 3 aliphatic rings. The van der Waals surface area contributed by atoms with Crippen molar-refractivity contribution in [2.45, 2.75) is 45.6 Å². The number of amides is 1. The van der Waals surface area contributed by atoms with Crippen LogP contribution in [0.3, 0.4) is 0 Å². The zero-order chi connectivity index (χ0) is 23.7. The van der Waals surface area contributed by atoms with Gasteiger partial charge in [-0.2, -0.15) is 4.98 Å². The van der Waals surface area contributed by atoms with Gasteiger partial charge in [-0.15, -0.1) is 0 Å². The van der Waals surface area contributed by atoms with E-state index in [0.717, 1.165) is 61.5 Å². The molecular formula is C26H35N5O3. The quantitative estimate of drug-likeness (QED) is 0.669. The first-order valence-electron chi connectivity index (χ1n) is 12.5. The molecule has 0 radical (unpaired) electrons. The molecule has 8 heteroatoms. The normalized spacial score (nSPS) is 18.7. The van der Waals surface area contributed by atoms with E-state index >= 15 is 0 Å². The molecule has 2 aromatic rings. The number of anilines is 2. The van der Waals surface area contributed by atoms with E-state index in [1.807, 2.05) is 4.90 Å². The molecule has 0 saturated carbocycles. The fraction of sp³-hybridized carbons (Fsp3) is 0.577. The second kappa shape index (κ2) is 9.68. The summed E-state index contributed by atoms with van der Waals surface area (Å²) in [5.41, 5.74) is 2.77. The van der Waals surface area contributed by atoms with Crippen LogP contribution >= 0.6 is 0 Å². The van der Waals surface area contributed by atoms with Crippen LogP contribution < -0.4 is 19.3 Å². The molecule has 0 bridgehead atoms. The Morgan fingerprint density at radius 3 is 2.24 bits per heavy atom. The van der Waals surface area contributed by atoms with Gasteiger partial charge in [0.05, 0.1) is 26.5 Å². The highest BCUT2D eigenvalue weighted by Crippen LogP contribution is 2.33. The first kappa shape index (κ1) is 22.7. The molecule has 3 aliphatic heterocycles. The maximum absolute atomic E-state index is 13.5. The molecule has 8 nitrogen and oxygen atoms in total. The van der Waals surface area contributed by atoms with Crippen molar-refractivity contribution < 1.29 is 14.3 Å². The zero-order valence-electron chi connectivity index (χ0n) is 20.5. The minimum absolute atomic E-state index is 0.0238. The molecule has 2 saturated heterocycles. The van der Waals surface area contributed by atoms with Gasteiger partial charge in [0.15, 0.2) is 0 Å². The van der Waals surface area contributed by atoms with Gasteiger partial charge in [0, 0.05) is 56.3 Å². The monoisotopic (exact) mass is 465 g/mol. The summed E-state index contributed by atoms with van der Waals surface area (Å²) >= 11 is 0. The van der Waals surface area contributed by atoms with Crippen LogP contribution in [0.15, 0.2) is 18.2 Å². The second-order valence-electron chi connectivity index (χ2n) is 9.71. The average Bonchev–Trinajstić information content (AvgIpc) is 3.42. The number of piperidine rings is 1. The highest BCUT2D eigenvalue weighted by molar-refractivity contribution is 5.95. The predicted octanol–water partition coefficient (Wildman–Crippen LogP) is 3.53. The van der Waals surface area contributed by atoms with Crippen molar-refractivity contribution in [1.82, 2.24) is 14.9 Å². The van der Waals surface area contributed by atoms with E-state index in [0.29, 0.717) is 30.2 Å². The summed E-state index contributed by atoms with van der Waals surface area (Å²) < 4.78 is 10.7. The molecular weight excluding hydrogens is 430 g/mol. The van der Waals surface area contributed by atoms with E-state index in [1.54, 1.807) is 32.4 Å². The Morgan fingerprint density at radius 1 is 0.912 bits per heavy atom. The van der Waals surface area contributed by atoms with E-state index in [-0.39, 0.29) is 5.91 Å². The summed E-state index contributed by atoms with van der Waals surface area (Å²) in [7, 11) is 3.20. The maximum atomic E-state index is 13.5. The number of fused-ring (bicyclic) bond motifs is 1. The van der Waals surface area contributed by atoms with E-state index in [9.17, 15) is 4.79 Å². The van der Waals surface area contributed by atoms with Gasteiger partial charge in [0.2, 0.25) is 5.95 Å². The number of benzene rings is 1. The standard InChI is InChI=1S/C26H35N5O3/c1-18-6-11-30(12-7-18)26-27-23-8-13-31(17-22(23)24(28-26)29-9-4-5-10-29)25(32)19-14-20(33-2)16-21(15-19)34-3/h14-16,18H,4-13,17H2,1-3H3. The zero-order valence-corrected chi connectivity index (χ0v) is 20.5. The molecule has 1 amide bonds. The molecule has 5 rings (SSSR count). The van der Waals surface area contributed by atoms with Crippen molar-refractivity contribution in [2.24, 2.45) is 5.92 Å². The van der Waals surface area contributed by atoms with Crippen LogP contribution in [-0.4, -0.2) is 67.7 Å². The minimum atomic E-state index is -0.0238. The Labute approximate surface area is 201 Å². The number of hydrogen-bond acceptors (Lipinski definition) is 7. The highest BCUT2D eigenvalue weighted by atomic mass is 16.5. The summed E-state index contributed by atoms with van der Waals surface area (Å²) in [6, 6.07) is 5.34. The number of hydrogen-bond donors (Lipinski definition) is 0. The molecule has 0 aliphatic carbocycles. The number of methoxy groups -OCH3 is 2. The van der Waals surface area contributed by atoms with Crippen LogP contribution in [-0.2, 0) is 13.0 Å². The maximum Gasteiger partial charge on any atom is 0.254 e. The second-order valence-corrected chi connectivity index (χ2v) is 9.71. The van der Waals surface area contributed by atoms with Crippen molar-refractivity contribution in [2.75, 3.05) is 56.7 Å². The van der Waals surface area contributed by atoms with E-state index in [1.165, 1.54) is 25.7 Å². The average molecular weight is 466 g/mol. The predicted molar refractivity (Wildman–Crippen MR) is 132 cm³/mol. The van der Waals surface area contributed by atoms with Crippen molar-refractivity contribution in [1.29, 1.82) is 0 Å². The summed E-state index contributed by atoms with van der Waals surface area (Å²) in [4.78, 5) is 30.2. The highest BCUT2D eigenvalue weighted by Gasteiger charge is 2.31. The lowest BCUT2D eigenvalue weighted by Gasteiger charge is -2.35. The number of rotatable bonds is 5. The summed E-state index contributed by atoms with van der Waals surface area (Å²) in [5, 5.41) is 0. The van der Waals surface area contributed by atoms with Crippen LogP contribution in [0.25, 0.3) is 0 Å². The van der Waals surface area contributed by atoms with Gasteiger partial charge < -0.3 is 24.2 Å². The molecule has 34 heavy (non-hydrogen) atoms. The first-order chi connectivity index (χ1) is 16.6. The Morgan fingerprint density at radius 2 is 1.59 bits per heavy atom. The number of carbonyl (C=O) groups excluding carboxylic acids is 1. The first-order valence-corrected chi connectivity index (χ1v) is 12.5. The molecule has 0 unspecified atom stereocenters. The van der Waals surface area contributed by atoms with Crippen LogP contribution in [0.5, 0.6) is 11.5 Å². The number of carbonyl (C=O) groups is 1. The Hall–Kier alpha value is -3.03. The number of aromatic nitrogens is 2. The smallest absolute Gasteiger partial charge is 0.254 e. The Kier molecular flexibility index (Phi) is 6.48. The van der Waals surface area contributed by atoms with Crippen molar-refractivity contribution in [3.63, 3.8) is 0 Å². The largest absolute Gasteiger partial charge is 0.497 e. The minimum Gasteiger partial charge on any atom is -0.497 e. The van der Waals surface area contributed by atoms with Gasteiger partial charge in [-0.1, -0.05) is 6.92 Å². The van der Waals surface area contributed by atoms with Gasteiger partial charge in [-0.3, -0.25) is 4.79 Å². The SMILES string of the molecule is COc1cc(OC)cc(C(=O)N2CCc3nc(N4CCC(C)CC4)nc(N4CCCC4)c3C2)c1. The molecule has 4 heterocycles. The van der Waals surface area contributed by atoms with Gasteiger partial charge in [-0.25, -0.2) is 4.98 Å². The lowest BCUT2D eigenvalue weighted by molar-refractivity contribution is 0.0733. The van der Waals surface area contributed by atoms with E-state index in [2.05, 4.69) is 16.7 Å². The fourth-order valence-corrected chi connectivity index (χ4v) is 5.21. The van der Waals surface area contributed by atoms with Gasteiger partial charge in [-0.05, 0) is 43.7 Å². The third-order valence-corrected chi connectivity index (χ3v) is 7.38. The molecule has 0 spiro atoms. The number of nitrogens with zero attached hydrogens (tertiary/aromatic N) is 5. The van der Waals surface area contributed by atoms with E-state index in [4.69, 9.17) is 19.4 Å². The lowest BCUT2D eigenvalue weighted by atomic mass is 9.99. The van der Waals surface area contributed by atoms with Crippen molar-refractivity contribution >= 4 is 17.7 Å². The van der Waals surface area contributed by atoms with Gasteiger partial charge >= 0.3 is 0 Å². The molecule has 0 atom stereocenters. The van der Waals surface area contributed by atoms with E-state index < -0.39 is 0 Å². The van der Waals surface area contributed by atoms with Crippen LogP contribution in [0, 0.1) is 5.92 Å². The molecule has 0 N–H and O–H groups in total. The van der Waals surface area contributed by atoms with Gasteiger partial charge in [0.25, 0.3) is 5.91 Å². The molecule has 182 valence electrons. The van der Waals surface area contributed by atoms with Crippen LogP contribution in [0.2, 0.25) is 0 Å². The van der Waals surface area contributed by atoms with Crippen molar-refractivity contribution in [3.05, 3.63) is 35.0 Å². The molecule has 2 fully saturated rings. The third-order valence-electron chi connectivity index (χ3n) is 7.38.